The first-order valence-electron chi connectivity index (χ1n) is 12.5. The molecular formula is C27H29F4N5O3. The van der Waals surface area contributed by atoms with Gasteiger partial charge in [0.15, 0.2) is 0 Å². The second-order valence-electron chi connectivity index (χ2n) is 9.64. The molecule has 2 aliphatic rings. The van der Waals surface area contributed by atoms with Crippen molar-refractivity contribution in [1.82, 2.24) is 9.88 Å². The van der Waals surface area contributed by atoms with Crippen molar-refractivity contribution in [1.29, 1.82) is 0 Å². The van der Waals surface area contributed by atoms with Crippen LogP contribution in [0.15, 0.2) is 47.2 Å². The maximum atomic E-state index is 15.6. The van der Waals surface area contributed by atoms with Gasteiger partial charge in [0.25, 0.3) is 5.91 Å². The second-order valence-corrected chi connectivity index (χ2v) is 9.64. The SMILES string of the molecule is CCOc1cncc(-c2cc(NC(=O)C3C=NC(=O)C=C3C(F)(F)F)c(N3C[C@@H](C)N(C)[C@@H](C)C3)cc2F)c1. The van der Waals surface area contributed by atoms with E-state index < -0.39 is 35.3 Å². The van der Waals surface area contributed by atoms with E-state index in [1.807, 2.05) is 25.8 Å². The number of rotatable bonds is 6. The largest absolute Gasteiger partial charge is 0.492 e. The number of carbonyl (C=O) groups excluding carboxylic acids is 2. The zero-order valence-corrected chi connectivity index (χ0v) is 21.9. The first-order valence-corrected chi connectivity index (χ1v) is 12.5. The summed E-state index contributed by atoms with van der Waals surface area (Å²) in [7, 11) is 1.98. The molecule has 2 aliphatic heterocycles. The minimum absolute atomic E-state index is 0.0809. The van der Waals surface area contributed by atoms with Crippen molar-refractivity contribution in [2.75, 3.05) is 37.0 Å². The highest BCUT2D eigenvalue weighted by molar-refractivity contribution is 6.11. The molecule has 1 saturated heterocycles. The van der Waals surface area contributed by atoms with Gasteiger partial charge >= 0.3 is 6.18 Å². The molecule has 0 radical (unpaired) electrons. The van der Waals surface area contributed by atoms with Crippen molar-refractivity contribution >= 4 is 29.4 Å². The van der Waals surface area contributed by atoms with Crippen molar-refractivity contribution in [2.24, 2.45) is 10.9 Å². The maximum Gasteiger partial charge on any atom is 0.414 e. The molecule has 0 aliphatic carbocycles. The Balaban J connectivity index is 1.78. The second kappa shape index (κ2) is 11.1. The summed E-state index contributed by atoms with van der Waals surface area (Å²) < 4.78 is 62.0. The molecule has 12 heteroatoms. The summed E-state index contributed by atoms with van der Waals surface area (Å²) in [6.07, 6.45) is -1.02. The maximum absolute atomic E-state index is 15.6. The van der Waals surface area contributed by atoms with E-state index in [2.05, 4.69) is 20.2 Å². The third-order valence-electron chi connectivity index (χ3n) is 6.95. The predicted octanol–water partition coefficient (Wildman–Crippen LogP) is 4.47. The molecule has 0 saturated carbocycles. The highest BCUT2D eigenvalue weighted by Gasteiger charge is 2.43. The van der Waals surface area contributed by atoms with E-state index in [4.69, 9.17) is 4.74 Å². The van der Waals surface area contributed by atoms with E-state index in [1.54, 1.807) is 13.0 Å². The predicted molar refractivity (Wildman–Crippen MR) is 139 cm³/mol. The Morgan fingerprint density at radius 1 is 1.15 bits per heavy atom. The fourth-order valence-electron chi connectivity index (χ4n) is 4.72. The van der Waals surface area contributed by atoms with Crippen molar-refractivity contribution < 1.29 is 31.9 Å². The number of aromatic nitrogens is 1. The molecule has 4 rings (SSSR count). The summed E-state index contributed by atoms with van der Waals surface area (Å²) in [4.78, 5) is 36.3. The minimum atomic E-state index is -4.92. The van der Waals surface area contributed by atoms with Crippen molar-refractivity contribution in [3.8, 4) is 16.9 Å². The summed E-state index contributed by atoms with van der Waals surface area (Å²) in [5.74, 6) is -4.19. The van der Waals surface area contributed by atoms with Crippen LogP contribution in [0.25, 0.3) is 11.1 Å². The van der Waals surface area contributed by atoms with Gasteiger partial charge in [0.05, 0.1) is 29.8 Å². The number of halogens is 4. The Bertz CT molecular complexity index is 1310. The average molecular weight is 548 g/mol. The fourth-order valence-corrected chi connectivity index (χ4v) is 4.72. The molecule has 1 aromatic carbocycles. The van der Waals surface area contributed by atoms with E-state index in [0.717, 1.165) is 0 Å². The summed E-state index contributed by atoms with van der Waals surface area (Å²) in [6.45, 7) is 7.17. The Hall–Kier alpha value is -3.80. The van der Waals surface area contributed by atoms with Crippen LogP contribution in [0.5, 0.6) is 5.75 Å². The molecule has 208 valence electrons. The lowest BCUT2D eigenvalue weighted by molar-refractivity contribution is -0.124. The number of dihydropyridines is 1. The van der Waals surface area contributed by atoms with E-state index in [9.17, 15) is 22.8 Å². The van der Waals surface area contributed by atoms with Crippen LogP contribution < -0.4 is 15.0 Å². The molecule has 2 aromatic rings. The number of ether oxygens (including phenoxy) is 1. The van der Waals surface area contributed by atoms with Gasteiger partial charge in [-0.15, -0.1) is 0 Å². The lowest BCUT2D eigenvalue weighted by atomic mass is 9.95. The number of pyridine rings is 1. The number of benzene rings is 1. The normalized spacial score (nSPS) is 22.1. The Morgan fingerprint density at radius 2 is 1.85 bits per heavy atom. The van der Waals surface area contributed by atoms with Crippen LogP contribution >= 0.6 is 0 Å². The Kier molecular flexibility index (Phi) is 8.05. The molecule has 1 aromatic heterocycles. The van der Waals surface area contributed by atoms with Crippen LogP contribution in [-0.2, 0) is 9.59 Å². The molecule has 0 bridgehead atoms. The number of alkyl halides is 3. The van der Waals surface area contributed by atoms with Crippen molar-refractivity contribution in [3.05, 3.63) is 48.1 Å². The smallest absolute Gasteiger partial charge is 0.414 e. The van der Waals surface area contributed by atoms with Gasteiger partial charge in [-0.05, 0) is 46.0 Å². The molecule has 1 unspecified atom stereocenters. The highest BCUT2D eigenvalue weighted by Crippen LogP contribution is 2.38. The monoisotopic (exact) mass is 547 g/mol. The Labute approximate surface area is 223 Å². The number of anilines is 2. The van der Waals surface area contributed by atoms with Gasteiger partial charge in [-0.1, -0.05) is 0 Å². The van der Waals surface area contributed by atoms with Gasteiger partial charge in [0.1, 0.15) is 17.5 Å². The van der Waals surface area contributed by atoms with E-state index in [-0.39, 0.29) is 23.3 Å². The highest BCUT2D eigenvalue weighted by atomic mass is 19.4. The molecule has 1 N–H and O–H groups in total. The summed E-state index contributed by atoms with van der Waals surface area (Å²) in [6, 6.07) is 4.41. The van der Waals surface area contributed by atoms with Crippen LogP contribution in [-0.4, -0.2) is 72.9 Å². The van der Waals surface area contributed by atoms with Crippen LogP contribution in [0.2, 0.25) is 0 Å². The number of amides is 2. The van der Waals surface area contributed by atoms with E-state index in [0.29, 0.717) is 49.0 Å². The third kappa shape index (κ3) is 6.11. The van der Waals surface area contributed by atoms with Crippen LogP contribution in [0.3, 0.4) is 0 Å². The number of hydrogen-bond acceptors (Lipinski definition) is 6. The lowest BCUT2D eigenvalue weighted by Crippen LogP contribution is -2.55. The molecule has 3 atom stereocenters. The van der Waals surface area contributed by atoms with Gasteiger partial charge in [-0.3, -0.25) is 19.5 Å². The number of hydrogen-bond donors (Lipinski definition) is 1. The van der Waals surface area contributed by atoms with E-state index >= 15 is 4.39 Å². The molecule has 2 amide bonds. The third-order valence-corrected chi connectivity index (χ3v) is 6.95. The molecule has 1 fully saturated rings. The van der Waals surface area contributed by atoms with Crippen molar-refractivity contribution in [3.63, 3.8) is 0 Å². The molecule has 8 nitrogen and oxygen atoms in total. The van der Waals surface area contributed by atoms with Gasteiger partial charge in [0.2, 0.25) is 5.91 Å². The number of nitrogens with zero attached hydrogens (tertiary/aromatic N) is 4. The quantitative estimate of drug-likeness (QED) is 0.538. The van der Waals surface area contributed by atoms with Crippen LogP contribution in [0.4, 0.5) is 28.9 Å². The minimum Gasteiger partial charge on any atom is -0.492 e. The summed E-state index contributed by atoms with van der Waals surface area (Å²) in [5.41, 5.74) is -0.432. The van der Waals surface area contributed by atoms with Crippen LogP contribution in [0.1, 0.15) is 20.8 Å². The molecule has 39 heavy (non-hydrogen) atoms. The summed E-state index contributed by atoms with van der Waals surface area (Å²) >= 11 is 0. The van der Waals surface area contributed by atoms with Gasteiger partial charge < -0.3 is 15.0 Å². The number of piperazine rings is 1. The van der Waals surface area contributed by atoms with Crippen LogP contribution in [0, 0.1) is 11.7 Å². The first kappa shape index (κ1) is 28.2. The number of likely N-dealkylation sites (N-methyl/N-ethyl adjacent to an activating group) is 1. The van der Waals surface area contributed by atoms with Gasteiger partial charge in [-0.2, -0.15) is 13.2 Å². The number of nitrogens with one attached hydrogen (secondary N) is 1. The van der Waals surface area contributed by atoms with Gasteiger partial charge in [-0.25, -0.2) is 9.38 Å². The first-order chi connectivity index (χ1) is 18.4. The van der Waals surface area contributed by atoms with Crippen molar-refractivity contribution in [2.45, 2.75) is 39.0 Å². The average Bonchev–Trinajstić information content (AvgIpc) is 2.87. The lowest BCUT2D eigenvalue weighted by Gasteiger charge is -2.44. The Morgan fingerprint density at radius 3 is 2.49 bits per heavy atom. The number of carbonyl (C=O) groups is 2. The molecule has 0 spiro atoms. The van der Waals surface area contributed by atoms with E-state index in [1.165, 1.54) is 24.5 Å². The topological polar surface area (TPSA) is 87.1 Å². The zero-order chi connectivity index (χ0) is 28.5. The standard InChI is InChI=1S/C27H29F4N5O3/c1-5-39-18-6-17(10-32-11-18)19-7-23(24(9-22(19)28)36-13-15(2)35(4)16(3)14-36)34-26(38)20-12-33-25(37)8-21(20)27(29,30)31/h6-12,15-16,20H,5,13-14H2,1-4H3,(H,34,38)/t15-,16+,20?. The molecule has 3 heterocycles. The fraction of sp³-hybridized carbons (Fsp3) is 0.407. The van der Waals surface area contributed by atoms with Gasteiger partial charge in [0, 0.05) is 54.8 Å². The summed E-state index contributed by atoms with van der Waals surface area (Å²) in [5, 5.41) is 2.56. The number of aliphatic imine (C=N–C) groups is 1. The zero-order valence-electron chi connectivity index (χ0n) is 21.9. The molecular weight excluding hydrogens is 518 g/mol.